The molecule has 0 aliphatic heterocycles. The van der Waals surface area contributed by atoms with Gasteiger partial charge in [-0.1, -0.05) is 0 Å². The Kier molecular flexibility index (Phi) is 6.53. The second-order valence-electron chi connectivity index (χ2n) is 4.47. The van der Waals surface area contributed by atoms with Crippen molar-refractivity contribution in [2.24, 2.45) is 0 Å². The van der Waals surface area contributed by atoms with E-state index in [1.54, 1.807) is 12.1 Å². The minimum atomic E-state index is -1.56. The summed E-state index contributed by atoms with van der Waals surface area (Å²) in [5.41, 5.74) is 0.291. The zero-order chi connectivity index (χ0) is 17.4. The maximum Gasteiger partial charge on any atom is 0.326 e. The average molecular weight is 324 g/mol. The third-order valence-electron chi connectivity index (χ3n) is 2.77. The van der Waals surface area contributed by atoms with E-state index in [0.29, 0.717) is 11.3 Å². The summed E-state index contributed by atoms with van der Waals surface area (Å²) in [7, 11) is 1.48. The first kappa shape index (κ1) is 18.0. The van der Waals surface area contributed by atoms with Crippen LogP contribution in [-0.2, 0) is 14.4 Å². The SMILES string of the molecule is COc1ccc(C(=O)NCC(=O)NC(CC(=O)O)C(=O)O)cc1. The van der Waals surface area contributed by atoms with Crippen molar-refractivity contribution in [3.63, 3.8) is 0 Å². The highest BCUT2D eigenvalue weighted by Gasteiger charge is 2.23. The number of carboxylic acids is 2. The first-order chi connectivity index (χ1) is 10.8. The van der Waals surface area contributed by atoms with Crippen LogP contribution < -0.4 is 15.4 Å². The summed E-state index contributed by atoms with van der Waals surface area (Å²) in [5, 5.41) is 21.7. The molecule has 1 unspecified atom stereocenters. The van der Waals surface area contributed by atoms with E-state index >= 15 is 0 Å². The quantitative estimate of drug-likeness (QED) is 0.503. The van der Waals surface area contributed by atoms with E-state index in [9.17, 15) is 19.2 Å². The molecule has 0 aromatic heterocycles. The first-order valence-electron chi connectivity index (χ1n) is 6.49. The van der Waals surface area contributed by atoms with Crippen LogP contribution in [0.2, 0.25) is 0 Å². The molecule has 1 aromatic carbocycles. The predicted octanol–water partition coefficient (Wildman–Crippen LogP) is -0.531. The van der Waals surface area contributed by atoms with Crippen LogP contribution in [0, 0.1) is 0 Å². The van der Waals surface area contributed by atoms with Gasteiger partial charge in [0, 0.05) is 5.56 Å². The van der Waals surface area contributed by atoms with Crippen LogP contribution >= 0.6 is 0 Å². The number of carbonyl (C=O) groups excluding carboxylic acids is 2. The lowest BCUT2D eigenvalue weighted by Crippen LogP contribution is -2.46. The molecule has 23 heavy (non-hydrogen) atoms. The molecule has 0 aliphatic rings. The van der Waals surface area contributed by atoms with Gasteiger partial charge in [-0.05, 0) is 24.3 Å². The first-order valence-corrected chi connectivity index (χ1v) is 6.49. The summed E-state index contributed by atoms with van der Waals surface area (Å²) in [4.78, 5) is 44.7. The van der Waals surface area contributed by atoms with Gasteiger partial charge in [-0.15, -0.1) is 0 Å². The topological polar surface area (TPSA) is 142 Å². The standard InChI is InChI=1S/C14H16N2O7/c1-23-9-4-2-8(3-5-9)13(20)15-7-11(17)16-10(14(21)22)6-12(18)19/h2-5,10H,6-7H2,1H3,(H,15,20)(H,16,17)(H,18,19)(H,21,22). The fourth-order valence-corrected chi connectivity index (χ4v) is 1.63. The lowest BCUT2D eigenvalue weighted by molar-refractivity contribution is -0.147. The van der Waals surface area contributed by atoms with Crippen LogP contribution in [0.25, 0.3) is 0 Å². The molecule has 0 spiro atoms. The monoisotopic (exact) mass is 324 g/mol. The number of carboxylic acid groups (broad SMARTS) is 2. The molecule has 1 aromatic rings. The van der Waals surface area contributed by atoms with E-state index in [2.05, 4.69) is 5.32 Å². The Hall–Kier alpha value is -3.10. The van der Waals surface area contributed by atoms with E-state index in [1.165, 1.54) is 19.2 Å². The second kappa shape index (κ2) is 8.37. The fourth-order valence-electron chi connectivity index (χ4n) is 1.63. The van der Waals surface area contributed by atoms with Gasteiger partial charge in [0.15, 0.2) is 0 Å². The Morgan fingerprint density at radius 1 is 1.13 bits per heavy atom. The normalized spacial score (nSPS) is 11.2. The Bertz CT molecular complexity index is 598. The van der Waals surface area contributed by atoms with Crippen LogP contribution in [0.3, 0.4) is 0 Å². The highest BCUT2D eigenvalue weighted by atomic mass is 16.5. The van der Waals surface area contributed by atoms with Crippen molar-refractivity contribution in [2.45, 2.75) is 12.5 Å². The molecule has 0 aliphatic carbocycles. The second-order valence-corrected chi connectivity index (χ2v) is 4.47. The van der Waals surface area contributed by atoms with Crippen molar-refractivity contribution < 1.29 is 34.1 Å². The van der Waals surface area contributed by atoms with E-state index in [0.717, 1.165) is 0 Å². The number of methoxy groups -OCH3 is 1. The summed E-state index contributed by atoms with van der Waals surface area (Å²) in [6.07, 6.45) is -0.756. The molecule has 0 bridgehead atoms. The molecule has 4 N–H and O–H groups in total. The molecule has 124 valence electrons. The van der Waals surface area contributed by atoms with Gasteiger partial charge in [-0.25, -0.2) is 4.79 Å². The molecule has 9 heteroatoms. The van der Waals surface area contributed by atoms with E-state index < -0.39 is 42.8 Å². The van der Waals surface area contributed by atoms with Crippen LogP contribution in [0.5, 0.6) is 5.75 Å². The summed E-state index contributed by atoms with van der Waals surface area (Å²) < 4.78 is 4.95. The van der Waals surface area contributed by atoms with Gasteiger partial charge in [-0.2, -0.15) is 0 Å². The number of hydrogen-bond acceptors (Lipinski definition) is 5. The molecule has 0 saturated heterocycles. The van der Waals surface area contributed by atoms with Crippen molar-refractivity contribution in [1.29, 1.82) is 0 Å². The van der Waals surface area contributed by atoms with E-state index in [-0.39, 0.29) is 0 Å². The molecule has 0 heterocycles. The Labute approximate surface area is 131 Å². The number of nitrogens with one attached hydrogen (secondary N) is 2. The largest absolute Gasteiger partial charge is 0.497 e. The number of amides is 2. The number of aliphatic carboxylic acids is 2. The molecular weight excluding hydrogens is 308 g/mol. The minimum absolute atomic E-state index is 0.291. The van der Waals surface area contributed by atoms with E-state index in [1.807, 2.05) is 5.32 Å². The third-order valence-corrected chi connectivity index (χ3v) is 2.77. The highest BCUT2D eigenvalue weighted by molar-refractivity contribution is 5.97. The summed E-state index contributed by atoms with van der Waals surface area (Å²) in [6, 6.07) is 4.58. The summed E-state index contributed by atoms with van der Waals surface area (Å²) in [5.74, 6) is -3.60. The number of ether oxygens (including phenoxy) is 1. The summed E-state index contributed by atoms with van der Waals surface area (Å²) in [6.45, 7) is -0.478. The number of rotatable bonds is 8. The molecule has 0 fully saturated rings. The zero-order valence-electron chi connectivity index (χ0n) is 12.2. The van der Waals surface area contributed by atoms with E-state index in [4.69, 9.17) is 14.9 Å². The maximum atomic E-state index is 11.8. The molecule has 1 rings (SSSR count). The zero-order valence-corrected chi connectivity index (χ0v) is 12.2. The molecule has 0 saturated carbocycles. The van der Waals surface area contributed by atoms with Gasteiger partial charge in [-0.3, -0.25) is 14.4 Å². The van der Waals surface area contributed by atoms with Gasteiger partial charge in [0.05, 0.1) is 20.1 Å². The van der Waals surface area contributed by atoms with Crippen LogP contribution in [0.4, 0.5) is 0 Å². The Morgan fingerprint density at radius 2 is 1.74 bits per heavy atom. The molecule has 2 amide bonds. The van der Waals surface area contributed by atoms with Crippen LogP contribution in [0.15, 0.2) is 24.3 Å². The van der Waals surface area contributed by atoms with Crippen molar-refractivity contribution in [3.05, 3.63) is 29.8 Å². The molecular formula is C14H16N2O7. The van der Waals surface area contributed by atoms with Crippen molar-refractivity contribution in [3.8, 4) is 5.75 Å². The predicted molar refractivity (Wildman–Crippen MR) is 77.1 cm³/mol. The Morgan fingerprint density at radius 3 is 2.22 bits per heavy atom. The van der Waals surface area contributed by atoms with Crippen molar-refractivity contribution >= 4 is 23.8 Å². The van der Waals surface area contributed by atoms with Crippen LogP contribution in [0.1, 0.15) is 16.8 Å². The molecule has 1 atom stereocenters. The highest BCUT2D eigenvalue weighted by Crippen LogP contribution is 2.10. The van der Waals surface area contributed by atoms with Gasteiger partial charge >= 0.3 is 11.9 Å². The third kappa shape index (κ3) is 6.04. The van der Waals surface area contributed by atoms with Crippen LogP contribution in [-0.4, -0.2) is 53.7 Å². The van der Waals surface area contributed by atoms with Gasteiger partial charge in [0.25, 0.3) is 5.91 Å². The number of hydrogen-bond donors (Lipinski definition) is 4. The molecule has 0 radical (unpaired) electrons. The molecule has 9 nitrogen and oxygen atoms in total. The smallest absolute Gasteiger partial charge is 0.326 e. The summed E-state index contributed by atoms with van der Waals surface area (Å²) >= 11 is 0. The van der Waals surface area contributed by atoms with Crippen molar-refractivity contribution in [1.82, 2.24) is 10.6 Å². The Balaban J connectivity index is 2.52. The lowest BCUT2D eigenvalue weighted by Gasteiger charge is -2.12. The van der Waals surface area contributed by atoms with Crippen molar-refractivity contribution in [2.75, 3.05) is 13.7 Å². The number of benzene rings is 1. The lowest BCUT2D eigenvalue weighted by atomic mass is 10.2. The van der Waals surface area contributed by atoms with Gasteiger partial charge in [0.1, 0.15) is 11.8 Å². The van der Waals surface area contributed by atoms with Gasteiger partial charge < -0.3 is 25.6 Å². The average Bonchev–Trinajstić information content (AvgIpc) is 2.51. The van der Waals surface area contributed by atoms with Gasteiger partial charge in [0.2, 0.25) is 5.91 Å². The number of carbonyl (C=O) groups is 4. The minimum Gasteiger partial charge on any atom is -0.497 e. The fraction of sp³-hybridized carbons (Fsp3) is 0.286. The maximum absolute atomic E-state index is 11.8.